The van der Waals surface area contributed by atoms with Crippen molar-refractivity contribution in [2.75, 3.05) is 0 Å². The molecule has 0 radical (unpaired) electrons. The van der Waals surface area contributed by atoms with Gasteiger partial charge in [0.05, 0.1) is 5.41 Å². The van der Waals surface area contributed by atoms with Crippen LogP contribution in [0.4, 0.5) is 4.39 Å². The molecule has 2 aliphatic rings. The van der Waals surface area contributed by atoms with E-state index >= 15 is 0 Å². The van der Waals surface area contributed by atoms with Gasteiger partial charge >= 0.3 is 11.9 Å². The van der Waals surface area contributed by atoms with Crippen LogP contribution in [-0.4, -0.2) is 17.7 Å². The number of benzene rings is 3. The molecule has 160 valence electrons. The first-order chi connectivity index (χ1) is 15.3. The van der Waals surface area contributed by atoms with Crippen molar-refractivity contribution in [1.29, 1.82) is 0 Å². The second-order valence-electron chi connectivity index (χ2n) is 8.05. The zero-order chi connectivity index (χ0) is 22.7. The average molecular weight is 495 g/mol. The van der Waals surface area contributed by atoms with Crippen molar-refractivity contribution in [3.63, 3.8) is 0 Å². The third-order valence-electron chi connectivity index (χ3n) is 6.43. The number of hydrogen-bond donors (Lipinski definition) is 0. The molecule has 1 saturated carbocycles. The van der Waals surface area contributed by atoms with Crippen molar-refractivity contribution in [3.05, 3.63) is 94.2 Å². The molecule has 1 aliphatic heterocycles. The Bertz CT molecular complexity index is 1270. The predicted molar refractivity (Wildman–Crippen MR) is 116 cm³/mol. The van der Waals surface area contributed by atoms with Gasteiger partial charge in [-0.15, -0.1) is 0 Å². The minimum atomic E-state index is -1.85. The van der Waals surface area contributed by atoms with E-state index in [1.54, 1.807) is 55.5 Å². The molecular weight excluding hydrogens is 479 g/mol. The van der Waals surface area contributed by atoms with Crippen molar-refractivity contribution in [3.8, 4) is 11.5 Å². The number of ketones is 1. The number of esters is 2. The number of halogens is 2. The molecule has 1 aliphatic carbocycles. The Balaban J connectivity index is 1.62. The van der Waals surface area contributed by atoms with Crippen LogP contribution in [-0.2, 0) is 9.59 Å². The van der Waals surface area contributed by atoms with Gasteiger partial charge in [-0.05, 0) is 61.5 Å². The van der Waals surface area contributed by atoms with Gasteiger partial charge in [-0.2, -0.15) is 0 Å². The summed E-state index contributed by atoms with van der Waals surface area (Å²) in [5.41, 5.74) is -2.52. The van der Waals surface area contributed by atoms with Crippen molar-refractivity contribution >= 4 is 33.7 Å². The van der Waals surface area contributed by atoms with Crippen LogP contribution in [0, 0.1) is 16.6 Å². The summed E-state index contributed by atoms with van der Waals surface area (Å²) in [5, 5.41) is 0. The van der Waals surface area contributed by atoms with Crippen molar-refractivity contribution in [2.24, 2.45) is 10.8 Å². The highest BCUT2D eigenvalue weighted by molar-refractivity contribution is 9.10. The summed E-state index contributed by atoms with van der Waals surface area (Å²) in [5.74, 6) is -2.86. The highest BCUT2D eigenvalue weighted by Crippen LogP contribution is 2.78. The SMILES string of the molecule is CC1(C(=O)c2ccc(F)cc2)C2c3ccccc3OC(=O)C21C(=O)Oc1ccc(Br)cc1. The summed E-state index contributed by atoms with van der Waals surface area (Å²) in [7, 11) is 0. The van der Waals surface area contributed by atoms with Gasteiger partial charge < -0.3 is 9.47 Å². The maximum atomic E-state index is 13.6. The molecule has 0 bridgehead atoms. The number of fused-ring (bicyclic) bond motifs is 3. The van der Waals surface area contributed by atoms with Crippen LogP contribution in [0.25, 0.3) is 0 Å². The molecule has 5 nitrogen and oxygen atoms in total. The number of hydrogen-bond acceptors (Lipinski definition) is 5. The molecule has 0 spiro atoms. The lowest BCUT2D eigenvalue weighted by Gasteiger charge is -2.22. The normalized spacial score (nSPS) is 25.2. The standard InChI is InChI=1S/C25H16BrFO5/c1-24(21(28)14-6-10-16(27)11-7-14)20-18-4-2-3-5-19(18)32-23(30)25(20,24)22(29)31-17-12-8-15(26)9-13-17/h2-13,20H,1H3. The average Bonchev–Trinajstić information content (AvgIpc) is 3.39. The molecule has 0 saturated heterocycles. The van der Waals surface area contributed by atoms with E-state index in [1.165, 1.54) is 24.3 Å². The van der Waals surface area contributed by atoms with Gasteiger partial charge in [0.2, 0.25) is 0 Å². The summed E-state index contributed by atoms with van der Waals surface area (Å²) in [4.78, 5) is 40.4. The third kappa shape index (κ3) is 2.70. The Hall–Kier alpha value is -3.32. The molecule has 0 N–H and O–H groups in total. The first-order valence-electron chi connectivity index (χ1n) is 9.89. The molecule has 0 aromatic heterocycles. The number of carbonyl (C=O) groups is 3. The van der Waals surface area contributed by atoms with Crippen LogP contribution in [0.15, 0.2) is 77.3 Å². The summed E-state index contributed by atoms with van der Waals surface area (Å²) in [6, 6.07) is 18.4. The fraction of sp³-hybridized carbons (Fsp3) is 0.160. The smallest absolute Gasteiger partial charge is 0.330 e. The topological polar surface area (TPSA) is 69.7 Å². The Morgan fingerprint density at radius 3 is 2.34 bits per heavy atom. The summed E-state index contributed by atoms with van der Waals surface area (Å²) < 4.78 is 25.3. The highest BCUT2D eigenvalue weighted by Gasteiger charge is 2.89. The highest BCUT2D eigenvalue weighted by atomic mass is 79.9. The lowest BCUT2D eigenvalue weighted by atomic mass is 9.87. The largest absolute Gasteiger partial charge is 0.426 e. The number of ether oxygens (including phenoxy) is 2. The third-order valence-corrected chi connectivity index (χ3v) is 6.95. The van der Waals surface area contributed by atoms with Gasteiger partial charge in [-0.25, -0.2) is 4.39 Å². The van der Waals surface area contributed by atoms with E-state index in [4.69, 9.17) is 9.47 Å². The number of carbonyl (C=O) groups excluding carboxylic acids is 3. The minimum Gasteiger partial charge on any atom is -0.426 e. The number of rotatable bonds is 4. The van der Waals surface area contributed by atoms with Crippen LogP contribution >= 0.6 is 15.9 Å². The lowest BCUT2D eigenvalue weighted by molar-refractivity contribution is -0.156. The van der Waals surface area contributed by atoms with Gasteiger partial charge in [-0.3, -0.25) is 14.4 Å². The lowest BCUT2D eigenvalue weighted by Crippen LogP contribution is -2.41. The maximum absolute atomic E-state index is 13.6. The van der Waals surface area contributed by atoms with E-state index in [-0.39, 0.29) is 11.3 Å². The molecule has 3 aromatic carbocycles. The first kappa shape index (κ1) is 20.6. The molecular formula is C25H16BrFO5. The van der Waals surface area contributed by atoms with Gasteiger partial charge in [0.1, 0.15) is 17.3 Å². The first-order valence-corrected chi connectivity index (χ1v) is 10.7. The maximum Gasteiger partial charge on any atom is 0.330 e. The zero-order valence-corrected chi connectivity index (χ0v) is 18.4. The van der Waals surface area contributed by atoms with E-state index in [1.807, 2.05) is 0 Å². The monoisotopic (exact) mass is 494 g/mol. The molecule has 3 aromatic rings. The number of para-hydroxylation sites is 1. The van der Waals surface area contributed by atoms with Crippen LogP contribution in [0.1, 0.15) is 28.8 Å². The minimum absolute atomic E-state index is 0.199. The van der Waals surface area contributed by atoms with E-state index < -0.39 is 40.3 Å². The molecule has 5 rings (SSSR count). The molecule has 7 heteroatoms. The summed E-state index contributed by atoms with van der Waals surface area (Å²) in [6.07, 6.45) is 0. The zero-order valence-electron chi connectivity index (χ0n) is 16.8. The predicted octanol–water partition coefficient (Wildman–Crippen LogP) is 5.09. The van der Waals surface area contributed by atoms with Gasteiger partial charge in [0.15, 0.2) is 11.2 Å². The van der Waals surface area contributed by atoms with Crippen molar-refractivity contribution in [2.45, 2.75) is 12.8 Å². The quantitative estimate of drug-likeness (QED) is 0.219. The van der Waals surface area contributed by atoms with Gasteiger partial charge in [0.25, 0.3) is 0 Å². The van der Waals surface area contributed by atoms with E-state index in [9.17, 15) is 18.8 Å². The fourth-order valence-corrected chi connectivity index (χ4v) is 5.06. The van der Waals surface area contributed by atoms with Crippen molar-refractivity contribution < 1.29 is 28.2 Å². The Morgan fingerprint density at radius 2 is 1.66 bits per heavy atom. The molecule has 1 fully saturated rings. The molecule has 1 heterocycles. The molecule has 0 amide bonds. The molecule has 3 atom stereocenters. The van der Waals surface area contributed by atoms with Crippen LogP contribution in [0.3, 0.4) is 0 Å². The van der Waals surface area contributed by atoms with Crippen LogP contribution in [0.5, 0.6) is 11.5 Å². The summed E-state index contributed by atoms with van der Waals surface area (Å²) in [6.45, 7) is 1.57. The summed E-state index contributed by atoms with van der Waals surface area (Å²) >= 11 is 3.32. The Morgan fingerprint density at radius 1 is 1.00 bits per heavy atom. The van der Waals surface area contributed by atoms with Gasteiger partial charge in [-0.1, -0.05) is 34.1 Å². The van der Waals surface area contributed by atoms with Gasteiger partial charge in [0, 0.05) is 21.5 Å². The Labute approximate surface area is 191 Å². The van der Waals surface area contributed by atoms with E-state index in [2.05, 4.69) is 15.9 Å². The van der Waals surface area contributed by atoms with Crippen LogP contribution < -0.4 is 9.47 Å². The Kier molecular flexibility index (Phi) is 4.57. The second kappa shape index (κ2) is 7.10. The van der Waals surface area contributed by atoms with E-state index in [0.29, 0.717) is 11.3 Å². The van der Waals surface area contributed by atoms with Crippen LogP contribution in [0.2, 0.25) is 0 Å². The van der Waals surface area contributed by atoms with Crippen molar-refractivity contribution in [1.82, 2.24) is 0 Å². The fourth-order valence-electron chi connectivity index (χ4n) is 4.80. The molecule has 32 heavy (non-hydrogen) atoms. The van der Waals surface area contributed by atoms with E-state index in [0.717, 1.165) is 4.47 Å². The number of Topliss-reactive ketones (excluding diaryl/α,β-unsaturated/α-hetero) is 1. The molecule has 3 unspecified atom stereocenters. The second-order valence-corrected chi connectivity index (χ2v) is 8.97.